The Morgan fingerprint density at radius 2 is 1.75 bits per heavy atom. The fourth-order valence-corrected chi connectivity index (χ4v) is 5.74. The van der Waals surface area contributed by atoms with Crippen LogP contribution in [0.3, 0.4) is 0 Å². The van der Waals surface area contributed by atoms with Crippen LogP contribution in [0.15, 0.2) is 38.5 Å². The van der Waals surface area contributed by atoms with Crippen LogP contribution in [0.5, 0.6) is 0 Å². The molecule has 0 amide bonds. The number of hydrogen-bond acceptors (Lipinski definition) is 7. The standard InChI is InChI=1S/C23H23F3N2O5S2Si/c1-5-34(29,30)20-13-16(14-6-7-14)17(10-11-36(2,3)4)27-21(20)22-28-18-12-15(8-9-19(18)33-22)35(31,32)23(24,25)26/h8-9,12-14H,5-7H2,1-4H3. The van der Waals surface area contributed by atoms with Crippen molar-refractivity contribution < 1.29 is 34.4 Å². The van der Waals surface area contributed by atoms with Gasteiger partial charge in [-0.15, -0.1) is 5.54 Å². The molecule has 1 saturated carbocycles. The number of rotatable bonds is 5. The van der Waals surface area contributed by atoms with Gasteiger partial charge in [-0.25, -0.2) is 26.8 Å². The molecule has 36 heavy (non-hydrogen) atoms. The van der Waals surface area contributed by atoms with Gasteiger partial charge in [0.1, 0.15) is 25.0 Å². The number of halogens is 3. The molecule has 0 aliphatic heterocycles. The normalized spacial score (nSPS) is 15.1. The SMILES string of the molecule is CCS(=O)(=O)c1cc(C2CC2)c(C#C[Si](C)(C)C)nc1-c1nc2cc(S(=O)(=O)C(F)(F)F)ccc2o1. The van der Waals surface area contributed by atoms with E-state index in [1.54, 1.807) is 6.07 Å². The highest BCUT2D eigenvalue weighted by Crippen LogP contribution is 2.43. The molecule has 1 aromatic carbocycles. The van der Waals surface area contributed by atoms with Crippen LogP contribution in [0.25, 0.3) is 22.7 Å². The van der Waals surface area contributed by atoms with Crippen molar-refractivity contribution >= 4 is 38.8 Å². The predicted molar refractivity (Wildman–Crippen MR) is 130 cm³/mol. The highest BCUT2D eigenvalue weighted by atomic mass is 32.2. The van der Waals surface area contributed by atoms with Gasteiger partial charge in [0.05, 0.1) is 15.5 Å². The summed E-state index contributed by atoms with van der Waals surface area (Å²) in [5.41, 5.74) is -1.43. The van der Waals surface area contributed by atoms with E-state index in [1.165, 1.54) is 6.92 Å². The number of sulfone groups is 2. The number of nitrogens with zero attached hydrogens (tertiary/aromatic N) is 2. The van der Waals surface area contributed by atoms with E-state index >= 15 is 0 Å². The summed E-state index contributed by atoms with van der Waals surface area (Å²) in [6.07, 6.45) is 1.77. The summed E-state index contributed by atoms with van der Waals surface area (Å²) in [5, 5.41) is 0. The van der Waals surface area contributed by atoms with Gasteiger partial charge in [-0.05, 0) is 48.6 Å². The number of hydrogen-bond donors (Lipinski definition) is 0. The van der Waals surface area contributed by atoms with Crippen LogP contribution in [-0.2, 0) is 19.7 Å². The average Bonchev–Trinajstić information content (AvgIpc) is 3.53. The van der Waals surface area contributed by atoms with Gasteiger partial charge in [-0.2, -0.15) is 13.2 Å². The Morgan fingerprint density at radius 1 is 1.08 bits per heavy atom. The van der Waals surface area contributed by atoms with E-state index in [-0.39, 0.29) is 39.3 Å². The Morgan fingerprint density at radius 3 is 2.31 bits per heavy atom. The van der Waals surface area contributed by atoms with Crippen molar-refractivity contribution in [3.8, 4) is 23.0 Å². The molecule has 0 saturated heterocycles. The number of benzene rings is 1. The molecule has 1 aliphatic rings. The Hall–Kier alpha value is -2.69. The third-order valence-electron chi connectivity index (χ3n) is 5.48. The zero-order valence-corrected chi connectivity index (χ0v) is 22.5. The molecule has 0 atom stereocenters. The minimum absolute atomic E-state index is 0.0197. The van der Waals surface area contributed by atoms with Gasteiger partial charge in [0.25, 0.3) is 9.84 Å². The third-order valence-corrected chi connectivity index (χ3v) is 9.58. The lowest BCUT2D eigenvalue weighted by atomic mass is 10.1. The minimum Gasteiger partial charge on any atom is -0.435 e. The summed E-state index contributed by atoms with van der Waals surface area (Å²) in [4.78, 5) is 7.56. The van der Waals surface area contributed by atoms with Gasteiger partial charge in [0, 0.05) is 0 Å². The van der Waals surface area contributed by atoms with Crippen LogP contribution < -0.4 is 0 Å². The lowest BCUT2D eigenvalue weighted by Crippen LogP contribution is -2.23. The number of fused-ring (bicyclic) bond motifs is 1. The molecule has 0 radical (unpaired) electrons. The molecule has 13 heteroatoms. The molecule has 0 unspecified atom stereocenters. The van der Waals surface area contributed by atoms with E-state index < -0.39 is 38.2 Å². The van der Waals surface area contributed by atoms with Crippen molar-refractivity contribution in [3.63, 3.8) is 0 Å². The second kappa shape index (κ2) is 8.71. The van der Waals surface area contributed by atoms with Crippen molar-refractivity contribution in [2.24, 2.45) is 0 Å². The third kappa shape index (κ3) is 5.07. The highest BCUT2D eigenvalue weighted by Gasteiger charge is 2.47. The van der Waals surface area contributed by atoms with E-state index in [9.17, 15) is 30.0 Å². The number of oxazole rings is 1. The van der Waals surface area contributed by atoms with E-state index in [0.717, 1.165) is 36.6 Å². The summed E-state index contributed by atoms with van der Waals surface area (Å²) in [6, 6.07) is 4.09. The predicted octanol–water partition coefficient (Wildman–Crippen LogP) is 5.08. The maximum atomic E-state index is 13.0. The monoisotopic (exact) mass is 556 g/mol. The van der Waals surface area contributed by atoms with Crippen molar-refractivity contribution in [2.75, 3.05) is 5.75 Å². The number of alkyl halides is 3. The molecule has 4 rings (SSSR count). The van der Waals surface area contributed by atoms with E-state index in [4.69, 9.17) is 4.42 Å². The van der Waals surface area contributed by atoms with Crippen molar-refractivity contribution in [1.82, 2.24) is 9.97 Å². The zero-order chi connectivity index (χ0) is 26.7. The van der Waals surface area contributed by atoms with Gasteiger partial charge in [-0.3, -0.25) is 0 Å². The van der Waals surface area contributed by atoms with Crippen LogP contribution in [-0.4, -0.2) is 46.1 Å². The summed E-state index contributed by atoms with van der Waals surface area (Å²) in [7, 11) is -11.2. The second-order valence-electron chi connectivity index (χ2n) is 9.55. The average molecular weight is 557 g/mol. The van der Waals surface area contributed by atoms with Gasteiger partial charge in [-0.1, -0.05) is 32.5 Å². The molecule has 1 fully saturated rings. The van der Waals surface area contributed by atoms with E-state index in [1.807, 2.05) is 0 Å². The molecule has 7 nitrogen and oxygen atoms in total. The van der Waals surface area contributed by atoms with Crippen LogP contribution >= 0.6 is 0 Å². The van der Waals surface area contributed by atoms with Crippen LogP contribution in [0, 0.1) is 11.5 Å². The first-order valence-corrected chi connectivity index (χ1v) is 17.7. The van der Waals surface area contributed by atoms with Crippen molar-refractivity contribution in [1.29, 1.82) is 0 Å². The molecule has 2 heterocycles. The van der Waals surface area contributed by atoms with Crippen molar-refractivity contribution in [3.05, 3.63) is 35.5 Å². The quantitative estimate of drug-likeness (QED) is 0.318. The fraction of sp³-hybridized carbons (Fsp3) is 0.391. The zero-order valence-electron chi connectivity index (χ0n) is 19.9. The van der Waals surface area contributed by atoms with Gasteiger partial charge in [0.2, 0.25) is 5.89 Å². The first-order valence-electron chi connectivity index (χ1n) is 11.1. The van der Waals surface area contributed by atoms with E-state index in [2.05, 4.69) is 41.1 Å². The Kier molecular flexibility index (Phi) is 6.38. The van der Waals surface area contributed by atoms with Crippen LogP contribution in [0.4, 0.5) is 13.2 Å². The molecule has 0 N–H and O–H groups in total. The maximum Gasteiger partial charge on any atom is 0.501 e. The molecular formula is C23H23F3N2O5S2Si. The smallest absolute Gasteiger partial charge is 0.435 e. The summed E-state index contributed by atoms with van der Waals surface area (Å²) >= 11 is 0. The Balaban J connectivity index is 1.96. The minimum atomic E-state index is -5.60. The molecule has 192 valence electrons. The summed E-state index contributed by atoms with van der Waals surface area (Å²) < 4.78 is 94.3. The fourth-order valence-electron chi connectivity index (χ4n) is 3.42. The van der Waals surface area contributed by atoms with E-state index in [0.29, 0.717) is 5.69 Å². The highest BCUT2D eigenvalue weighted by molar-refractivity contribution is 7.92. The summed E-state index contributed by atoms with van der Waals surface area (Å²) in [5.74, 6) is 2.76. The summed E-state index contributed by atoms with van der Waals surface area (Å²) in [6.45, 7) is 7.65. The topological polar surface area (TPSA) is 107 Å². The Bertz CT molecular complexity index is 1640. The van der Waals surface area contributed by atoms with Gasteiger partial charge >= 0.3 is 5.51 Å². The van der Waals surface area contributed by atoms with Crippen LogP contribution in [0.1, 0.15) is 36.9 Å². The molecule has 3 aromatic rings. The van der Waals surface area contributed by atoms with Crippen molar-refractivity contribution in [2.45, 2.75) is 60.6 Å². The number of aromatic nitrogens is 2. The van der Waals surface area contributed by atoms with Crippen LogP contribution in [0.2, 0.25) is 19.6 Å². The lowest BCUT2D eigenvalue weighted by molar-refractivity contribution is -0.0435. The molecule has 2 aromatic heterocycles. The molecular weight excluding hydrogens is 533 g/mol. The first kappa shape index (κ1) is 26.4. The largest absolute Gasteiger partial charge is 0.501 e. The second-order valence-corrected chi connectivity index (χ2v) is 18.5. The molecule has 1 aliphatic carbocycles. The number of pyridine rings is 1. The molecule has 0 spiro atoms. The van der Waals surface area contributed by atoms with Gasteiger partial charge in [0.15, 0.2) is 15.4 Å². The lowest BCUT2D eigenvalue weighted by Gasteiger charge is -2.11. The Labute approximate surface area is 208 Å². The van der Waals surface area contributed by atoms with Gasteiger partial charge < -0.3 is 4.42 Å². The first-order chi connectivity index (χ1) is 16.5. The maximum absolute atomic E-state index is 13.0. The molecule has 0 bridgehead atoms.